The molecular weight excluding hydrogens is 622 g/mol. The van der Waals surface area contributed by atoms with Crippen LogP contribution in [0.2, 0.25) is 0 Å². The molecule has 0 saturated heterocycles. The molecule has 49 heavy (non-hydrogen) atoms. The lowest BCUT2D eigenvalue weighted by Crippen LogP contribution is -2.67. The Morgan fingerprint density at radius 3 is 2.04 bits per heavy atom. The van der Waals surface area contributed by atoms with Gasteiger partial charge in [0.15, 0.2) is 0 Å². The van der Waals surface area contributed by atoms with E-state index in [-0.39, 0.29) is 75.6 Å². The molecular formula is C40H67NO8. The van der Waals surface area contributed by atoms with Gasteiger partial charge in [-0.3, -0.25) is 19.2 Å². The summed E-state index contributed by atoms with van der Waals surface area (Å²) in [6.07, 6.45) is 8.19. The highest BCUT2D eigenvalue weighted by molar-refractivity contribution is 5.75. The molecule has 0 aromatic rings. The summed E-state index contributed by atoms with van der Waals surface area (Å²) in [4.78, 5) is 50.1. The van der Waals surface area contributed by atoms with Crippen molar-refractivity contribution in [3.63, 3.8) is 0 Å². The Bertz CT molecular complexity index is 1250. The van der Waals surface area contributed by atoms with Crippen LogP contribution in [0.4, 0.5) is 0 Å². The van der Waals surface area contributed by atoms with Crippen LogP contribution in [-0.4, -0.2) is 61.4 Å². The number of methoxy groups -OCH3 is 1. The maximum absolute atomic E-state index is 12.8. The molecule has 4 fully saturated rings. The molecule has 9 nitrogen and oxygen atoms in total. The number of fused-ring (bicyclic) bond motifs is 5. The van der Waals surface area contributed by atoms with E-state index < -0.39 is 5.60 Å². The van der Waals surface area contributed by atoms with Gasteiger partial charge in [0.05, 0.1) is 7.11 Å². The fourth-order valence-electron chi connectivity index (χ4n) is 12.4. The smallest absolute Gasteiger partial charge is 0.322 e. The standard InChI is InChI=1S/C40H67NO8/c1-24(2)22-29(35(45)46-12)41-21-13-17-40(11,49-27(5)44)28-14-19-39(10)34(28)30(47-25(3)42)23-32-37(8)18-16-33(48-26(4)43)36(6,7)31(37)15-20-38(32,39)9/h24,28-34,41H,13-23H2,1-12H3/t28?,29-,30?,31?,32?,33-,34-,37-,38+,39+,40-/m0/s1. The molecule has 0 heterocycles. The van der Waals surface area contributed by atoms with Crippen LogP contribution in [0.25, 0.3) is 0 Å². The van der Waals surface area contributed by atoms with Crippen LogP contribution < -0.4 is 5.32 Å². The van der Waals surface area contributed by atoms with Crippen LogP contribution in [0, 0.1) is 51.2 Å². The predicted molar refractivity (Wildman–Crippen MR) is 188 cm³/mol. The number of nitrogens with one attached hydrogen (secondary N) is 1. The highest BCUT2D eigenvalue weighted by Gasteiger charge is 2.72. The van der Waals surface area contributed by atoms with E-state index in [4.69, 9.17) is 18.9 Å². The summed E-state index contributed by atoms with van der Waals surface area (Å²) in [5.41, 5.74) is -1.09. The molecule has 0 aliphatic heterocycles. The van der Waals surface area contributed by atoms with Gasteiger partial charge in [0.1, 0.15) is 23.9 Å². The van der Waals surface area contributed by atoms with E-state index in [1.165, 1.54) is 27.9 Å². The summed E-state index contributed by atoms with van der Waals surface area (Å²) in [6.45, 7) is 23.3. The minimum Gasteiger partial charge on any atom is -0.468 e. The lowest BCUT2D eigenvalue weighted by Gasteiger charge is -2.70. The molecule has 0 amide bonds. The molecule has 0 bridgehead atoms. The molecule has 11 atom stereocenters. The Hall–Kier alpha value is -2.16. The van der Waals surface area contributed by atoms with E-state index in [9.17, 15) is 19.2 Å². The van der Waals surface area contributed by atoms with Gasteiger partial charge < -0.3 is 24.3 Å². The summed E-state index contributed by atoms with van der Waals surface area (Å²) in [7, 11) is 1.42. The van der Waals surface area contributed by atoms with Gasteiger partial charge in [0.25, 0.3) is 0 Å². The zero-order valence-corrected chi connectivity index (χ0v) is 32.7. The maximum Gasteiger partial charge on any atom is 0.322 e. The molecule has 1 N–H and O–H groups in total. The molecule has 4 aliphatic carbocycles. The van der Waals surface area contributed by atoms with Crippen LogP contribution in [-0.2, 0) is 38.1 Å². The van der Waals surface area contributed by atoms with Gasteiger partial charge in [0, 0.05) is 38.0 Å². The van der Waals surface area contributed by atoms with E-state index in [2.05, 4.69) is 60.7 Å². The average molecular weight is 690 g/mol. The van der Waals surface area contributed by atoms with Crippen molar-refractivity contribution in [1.29, 1.82) is 0 Å². The minimum atomic E-state index is -0.762. The van der Waals surface area contributed by atoms with Gasteiger partial charge in [-0.2, -0.15) is 0 Å². The third kappa shape index (κ3) is 7.30. The van der Waals surface area contributed by atoms with E-state index >= 15 is 0 Å². The van der Waals surface area contributed by atoms with Gasteiger partial charge in [0.2, 0.25) is 0 Å². The Labute approximate surface area is 296 Å². The second-order valence-electron chi connectivity index (χ2n) is 18.2. The zero-order chi connectivity index (χ0) is 36.7. The van der Waals surface area contributed by atoms with Crippen molar-refractivity contribution < 1.29 is 38.1 Å². The Morgan fingerprint density at radius 2 is 1.47 bits per heavy atom. The number of carbonyl (C=O) groups excluding carboxylic acids is 4. The fraction of sp³-hybridized carbons (Fsp3) is 0.900. The van der Waals surface area contributed by atoms with Crippen molar-refractivity contribution in [3.8, 4) is 0 Å². The minimum absolute atomic E-state index is 0.00532. The second kappa shape index (κ2) is 14.5. The average Bonchev–Trinajstić information content (AvgIpc) is 3.36. The first kappa shape index (κ1) is 39.6. The van der Waals surface area contributed by atoms with Crippen molar-refractivity contribution in [3.05, 3.63) is 0 Å². The summed E-state index contributed by atoms with van der Waals surface area (Å²) in [5.74, 6) is 0.0190. The van der Waals surface area contributed by atoms with Gasteiger partial charge in [-0.1, -0.05) is 48.5 Å². The Balaban J connectivity index is 1.65. The summed E-state index contributed by atoms with van der Waals surface area (Å²) in [6, 6.07) is -0.381. The Kier molecular flexibility index (Phi) is 11.7. The van der Waals surface area contributed by atoms with Crippen LogP contribution in [0.5, 0.6) is 0 Å². The highest BCUT2D eigenvalue weighted by atomic mass is 16.6. The SMILES string of the molecule is COC(=O)[C@H](CC(C)C)NCCC[C@](C)(OC(C)=O)C1CC[C@]2(C)[C@@H]1C(OC(C)=O)CC1[C@@]3(C)CC[C@H](OC(C)=O)C(C)(C)C3CC[C@]12C. The molecule has 4 rings (SSSR count). The molecule has 0 spiro atoms. The van der Waals surface area contributed by atoms with Crippen molar-refractivity contribution in [1.82, 2.24) is 5.32 Å². The van der Waals surface area contributed by atoms with E-state index in [1.54, 1.807) is 0 Å². The first-order valence-electron chi connectivity index (χ1n) is 19.0. The van der Waals surface area contributed by atoms with E-state index in [1.807, 2.05) is 0 Å². The lowest BCUT2D eigenvalue weighted by molar-refractivity contribution is -0.253. The van der Waals surface area contributed by atoms with Crippen LogP contribution in [0.1, 0.15) is 140 Å². The van der Waals surface area contributed by atoms with Crippen LogP contribution in [0.15, 0.2) is 0 Å². The normalized spacial score (nSPS) is 38.2. The monoisotopic (exact) mass is 689 g/mol. The molecule has 9 heteroatoms. The van der Waals surface area contributed by atoms with Crippen LogP contribution >= 0.6 is 0 Å². The molecule has 0 aromatic heterocycles. The molecule has 4 aliphatic rings. The third-order valence-electron chi connectivity index (χ3n) is 14.5. The Morgan fingerprint density at radius 1 is 0.837 bits per heavy atom. The number of rotatable bonds is 12. The molecule has 0 radical (unpaired) electrons. The van der Waals surface area contributed by atoms with E-state index in [0.717, 1.165) is 44.9 Å². The second-order valence-corrected chi connectivity index (χ2v) is 18.2. The molecule has 4 saturated carbocycles. The topological polar surface area (TPSA) is 117 Å². The van der Waals surface area contributed by atoms with Crippen LogP contribution in [0.3, 0.4) is 0 Å². The first-order valence-corrected chi connectivity index (χ1v) is 19.0. The van der Waals surface area contributed by atoms with Crippen molar-refractivity contribution in [2.24, 2.45) is 51.2 Å². The molecule has 0 aromatic carbocycles. The fourth-order valence-corrected chi connectivity index (χ4v) is 12.4. The van der Waals surface area contributed by atoms with Gasteiger partial charge >= 0.3 is 23.9 Å². The number of ether oxygens (including phenoxy) is 4. The van der Waals surface area contributed by atoms with Crippen molar-refractivity contribution >= 4 is 23.9 Å². The van der Waals surface area contributed by atoms with Gasteiger partial charge in [-0.15, -0.1) is 0 Å². The summed E-state index contributed by atoms with van der Waals surface area (Å²) < 4.78 is 23.6. The predicted octanol–water partition coefficient (Wildman–Crippen LogP) is 7.42. The molecule has 4 unspecified atom stereocenters. The number of carbonyl (C=O) groups is 4. The van der Waals surface area contributed by atoms with Gasteiger partial charge in [-0.05, 0) is 112 Å². The summed E-state index contributed by atoms with van der Waals surface area (Å²) >= 11 is 0. The maximum atomic E-state index is 12.8. The zero-order valence-electron chi connectivity index (χ0n) is 32.7. The van der Waals surface area contributed by atoms with Crippen molar-refractivity contribution in [2.45, 2.75) is 164 Å². The van der Waals surface area contributed by atoms with Crippen molar-refractivity contribution in [2.75, 3.05) is 13.7 Å². The number of hydrogen-bond acceptors (Lipinski definition) is 9. The largest absolute Gasteiger partial charge is 0.468 e. The molecule has 280 valence electrons. The number of hydrogen-bond donors (Lipinski definition) is 1. The first-order chi connectivity index (χ1) is 22.7. The van der Waals surface area contributed by atoms with Gasteiger partial charge in [-0.25, -0.2) is 0 Å². The number of esters is 4. The quantitative estimate of drug-likeness (QED) is 0.127. The van der Waals surface area contributed by atoms with E-state index in [0.29, 0.717) is 43.6 Å². The third-order valence-corrected chi connectivity index (χ3v) is 14.5. The summed E-state index contributed by atoms with van der Waals surface area (Å²) in [5, 5.41) is 3.40. The lowest BCUT2D eigenvalue weighted by atomic mass is 9.35. The highest BCUT2D eigenvalue weighted by Crippen LogP contribution is 2.76.